The molecule has 0 spiro atoms. The van der Waals surface area contributed by atoms with Crippen LogP contribution in [0.15, 0.2) is 42.7 Å². The van der Waals surface area contributed by atoms with Crippen LogP contribution in [0.25, 0.3) is 16.8 Å². The number of anilines is 1. The number of nitrogens with zero attached hydrogens (tertiary/aromatic N) is 5. The first kappa shape index (κ1) is 16.1. The van der Waals surface area contributed by atoms with Crippen LogP contribution in [0, 0.1) is 0 Å². The molecular formula is C21H22N6O. The topological polar surface area (TPSA) is 68.1 Å². The van der Waals surface area contributed by atoms with Gasteiger partial charge in [0.2, 0.25) is 5.88 Å². The van der Waals surface area contributed by atoms with E-state index in [0.717, 1.165) is 47.6 Å². The summed E-state index contributed by atoms with van der Waals surface area (Å²) in [5.41, 5.74) is 4.29. The molecule has 2 aromatic heterocycles. The summed E-state index contributed by atoms with van der Waals surface area (Å²) < 4.78 is 6.02. The maximum Gasteiger partial charge on any atom is 0.223 e. The monoisotopic (exact) mass is 374 g/mol. The molecule has 0 bridgehead atoms. The molecule has 3 aromatic rings. The zero-order valence-corrected chi connectivity index (χ0v) is 15.6. The smallest absolute Gasteiger partial charge is 0.223 e. The third-order valence-electron chi connectivity index (χ3n) is 5.80. The third kappa shape index (κ3) is 2.82. The van der Waals surface area contributed by atoms with Crippen molar-refractivity contribution >= 4 is 5.82 Å². The van der Waals surface area contributed by atoms with Crippen LogP contribution < -0.4 is 15.0 Å². The lowest BCUT2D eigenvalue weighted by Gasteiger charge is -2.23. The molecule has 4 heterocycles. The maximum absolute atomic E-state index is 6.02. The van der Waals surface area contributed by atoms with Crippen molar-refractivity contribution in [2.24, 2.45) is 0 Å². The minimum atomic E-state index is 0.514. The first-order chi connectivity index (χ1) is 13.8. The number of hydrogen-bond donors (Lipinski definition) is 1. The molecule has 2 fully saturated rings. The Morgan fingerprint density at radius 1 is 0.964 bits per heavy atom. The second-order valence-electron chi connectivity index (χ2n) is 7.84. The molecule has 1 aliphatic carbocycles. The Labute approximate surface area is 163 Å². The Hall–Kier alpha value is -2.93. The molecule has 7 nitrogen and oxygen atoms in total. The summed E-state index contributed by atoms with van der Waals surface area (Å²) in [5, 5.41) is 12.1. The second-order valence-corrected chi connectivity index (χ2v) is 7.84. The first-order valence-electron chi connectivity index (χ1n) is 9.98. The van der Waals surface area contributed by atoms with Gasteiger partial charge in [-0.05, 0) is 54.7 Å². The summed E-state index contributed by atoms with van der Waals surface area (Å²) in [6.45, 7) is 2.59. The normalized spacial score (nSPS) is 20.6. The summed E-state index contributed by atoms with van der Waals surface area (Å²) in [6, 6.07) is 11.8. The zero-order valence-electron chi connectivity index (χ0n) is 15.6. The lowest BCUT2D eigenvalue weighted by atomic mass is 9.98. The number of ether oxygens (including phenoxy) is 1. The highest BCUT2D eigenvalue weighted by Crippen LogP contribution is 2.38. The molecular weight excluding hydrogens is 352 g/mol. The maximum atomic E-state index is 6.02. The predicted molar refractivity (Wildman–Crippen MR) is 106 cm³/mol. The van der Waals surface area contributed by atoms with E-state index in [1.807, 2.05) is 6.07 Å². The van der Waals surface area contributed by atoms with E-state index in [1.165, 1.54) is 24.8 Å². The Kier molecular flexibility index (Phi) is 3.62. The van der Waals surface area contributed by atoms with Crippen LogP contribution in [0.4, 0.5) is 5.82 Å². The van der Waals surface area contributed by atoms with Gasteiger partial charge >= 0.3 is 0 Å². The summed E-state index contributed by atoms with van der Waals surface area (Å²) in [6.07, 6.45) is 7.21. The van der Waals surface area contributed by atoms with Crippen molar-refractivity contribution in [3.63, 3.8) is 0 Å². The van der Waals surface area contributed by atoms with Gasteiger partial charge in [-0.1, -0.05) is 6.07 Å². The molecule has 1 atom stereocenters. The molecule has 142 valence electrons. The molecule has 0 amide bonds. The highest BCUT2D eigenvalue weighted by Gasteiger charge is 2.30. The van der Waals surface area contributed by atoms with E-state index in [-0.39, 0.29) is 0 Å². The van der Waals surface area contributed by atoms with Crippen molar-refractivity contribution < 1.29 is 4.74 Å². The van der Waals surface area contributed by atoms with Crippen molar-refractivity contribution in [3.05, 3.63) is 48.3 Å². The lowest BCUT2D eigenvalue weighted by Crippen LogP contribution is -2.34. The summed E-state index contributed by atoms with van der Waals surface area (Å²) in [7, 11) is 0. The van der Waals surface area contributed by atoms with E-state index in [9.17, 15) is 0 Å². The van der Waals surface area contributed by atoms with Crippen molar-refractivity contribution in [1.82, 2.24) is 25.3 Å². The van der Waals surface area contributed by atoms with Crippen LogP contribution in [-0.4, -0.2) is 45.2 Å². The number of pyridine rings is 1. The van der Waals surface area contributed by atoms with Gasteiger partial charge in [-0.2, -0.15) is 20.0 Å². The minimum Gasteiger partial charge on any atom is -0.472 e. The van der Waals surface area contributed by atoms with E-state index >= 15 is 0 Å². The predicted octanol–water partition coefficient (Wildman–Crippen LogP) is 2.55. The van der Waals surface area contributed by atoms with Crippen molar-refractivity contribution in [2.75, 3.05) is 18.0 Å². The van der Waals surface area contributed by atoms with Crippen LogP contribution in [0.2, 0.25) is 0 Å². The molecule has 28 heavy (non-hydrogen) atoms. The van der Waals surface area contributed by atoms with Crippen molar-refractivity contribution in [1.29, 1.82) is 0 Å². The number of benzene rings is 1. The van der Waals surface area contributed by atoms with Gasteiger partial charge in [-0.3, -0.25) is 0 Å². The Balaban J connectivity index is 1.26. The lowest BCUT2D eigenvalue weighted by molar-refractivity contribution is 0.290. The van der Waals surface area contributed by atoms with Crippen LogP contribution in [0.5, 0.6) is 5.88 Å². The van der Waals surface area contributed by atoms with Crippen LogP contribution in [0.3, 0.4) is 0 Å². The average molecular weight is 374 g/mol. The average Bonchev–Trinajstić information content (AvgIpc) is 3.19. The van der Waals surface area contributed by atoms with Crippen LogP contribution >= 0.6 is 0 Å². The number of aromatic nitrogens is 4. The largest absolute Gasteiger partial charge is 0.472 e. The Morgan fingerprint density at radius 2 is 1.82 bits per heavy atom. The second kappa shape index (κ2) is 6.31. The minimum absolute atomic E-state index is 0.514. The molecule has 1 N–H and O–H groups in total. The highest BCUT2D eigenvalue weighted by molar-refractivity contribution is 5.75. The van der Waals surface area contributed by atoms with E-state index in [1.54, 1.807) is 17.2 Å². The zero-order chi connectivity index (χ0) is 18.5. The highest BCUT2D eigenvalue weighted by atomic mass is 16.5. The SMILES string of the molecule is c1cnn(-c2ccc3c(c2)COc2nc(N4CCC(NC5CC5)C4)ccc2-3)n1. The number of fused-ring (bicyclic) bond motifs is 3. The molecule has 6 rings (SSSR count). The molecule has 3 aliphatic rings. The fraction of sp³-hybridized carbons (Fsp3) is 0.381. The fourth-order valence-corrected chi connectivity index (χ4v) is 4.19. The molecule has 7 heteroatoms. The Bertz CT molecular complexity index is 1010. The van der Waals surface area contributed by atoms with Gasteiger partial charge in [0.25, 0.3) is 0 Å². The van der Waals surface area contributed by atoms with Crippen LogP contribution in [0.1, 0.15) is 24.8 Å². The number of nitrogens with one attached hydrogen (secondary N) is 1. The van der Waals surface area contributed by atoms with Crippen molar-refractivity contribution in [2.45, 2.75) is 38.0 Å². The first-order valence-corrected chi connectivity index (χ1v) is 9.98. The van der Waals surface area contributed by atoms with Gasteiger partial charge in [-0.25, -0.2) is 0 Å². The van der Waals surface area contributed by atoms with Gasteiger partial charge < -0.3 is 15.0 Å². The van der Waals surface area contributed by atoms with E-state index in [0.29, 0.717) is 12.6 Å². The molecule has 1 unspecified atom stereocenters. The van der Waals surface area contributed by atoms with Crippen LogP contribution in [-0.2, 0) is 6.61 Å². The molecule has 1 aromatic carbocycles. The fourth-order valence-electron chi connectivity index (χ4n) is 4.19. The standard InChI is InChI=1S/C21H22N6O/c1-2-15(1)24-16-7-10-26(12-16)20-6-5-19-18-4-3-17(27-22-8-9-23-27)11-14(18)13-28-21(19)25-20/h3-6,8-9,11,15-16,24H,1-2,7,10,12-13H2. The molecule has 1 saturated heterocycles. The van der Waals surface area contributed by atoms with Gasteiger partial charge in [0.05, 0.1) is 18.1 Å². The van der Waals surface area contributed by atoms with Gasteiger partial charge in [0, 0.05) is 30.7 Å². The number of hydrogen-bond acceptors (Lipinski definition) is 6. The molecule has 0 radical (unpaired) electrons. The molecule has 2 aliphatic heterocycles. The van der Waals surface area contributed by atoms with E-state index < -0.39 is 0 Å². The molecule has 1 saturated carbocycles. The summed E-state index contributed by atoms with van der Waals surface area (Å²) in [5.74, 6) is 1.74. The van der Waals surface area contributed by atoms with E-state index in [4.69, 9.17) is 9.72 Å². The van der Waals surface area contributed by atoms with Crippen molar-refractivity contribution in [3.8, 4) is 22.7 Å². The van der Waals surface area contributed by atoms with Gasteiger partial charge in [-0.15, -0.1) is 0 Å². The summed E-state index contributed by atoms with van der Waals surface area (Å²) in [4.78, 5) is 8.83. The Morgan fingerprint density at radius 3 is 2.68 bits per heavy atom. The number of rotatable bonds is 4. The third-order valence-corrected chi connectivity index (χ3v) is 5.80. The van der Waals surface area contributed by atoms with Gasteiger partial charge in [0.15, 0.2) is 0 Å². The van der Waals surface area contributed by atoms with E-state index in [2.05, 4.69) is 44.7 Å². The quantitative estimate of drug-likeness (QED) is 0.757. The van der Waals surface area contributed by atoms with Gasteiger partial charge in [0.1, 0.15) is 12.4 Å². The summed E-state index contributed by atoms with van der Waals surface area (Å²) >= 11 is 0.